The van der Waals surface area contributed by atoms with Crippen LogP contribution in [0, 0.1) is 6.07 Å². The minimum Gasteiger partial charge on any atom is -0.393 e. The van der Waals surface area contributed by atoms with Crippen molar-refractivity contribution in [3.05, 3.63) is 35.9 Å². The van der Waals surface area contributed by atoms with Gasteiger partial charge in [0.25, 0.3) is 0 Å². The first-order valence-electron chi connectivity index (χ1n) is 5.00. The smallest absolute Gasteiger partial charge is 0.0540 e. The molecule has 1 N–H and O–H groups in total. The summed E-state index contributed by atoms with van der Waals surface area (Å²) in [5.74, 6) is 0.654. The van der Waals surface area contributed by atoms with E-state index in [1.165, 1.54) is 5.56 Å². The first kappa shape index (κ1) is 8.76. The molecule has 69 valence electrons. The molecule has 0 unspecified atom stereocenters. The number of hydrogen-bond acceptors (Lipinski definition) is 1. The van der Waals surface area contributed by atoms with E-state index in [2.05, 4.69) is 18.2 Å². The molecule has 1 aliphatic rings. The van der Waals surface area contributed by atoms with E-state index in [-0.39, 0.29) is 6.10 Å². The van der Waals surface area contributed by atoms with Crippen molar-refractivity contribution in [3.63, 3.8) is 0 Å². The van der Waals surface area contributed by atoms with Crippen LogP contribution in [0.15, 0.2) is 24.3 Å². The monoisotopic (exact) mass is 175 g/mol. The number of rotatable bonds is 1. The van der Waals surface area contributed by atoms with Gasteiger partial charge in [0.15, 0.2) is 0 Å². The Balaban J connectivity index is 2.03. The molecular weight excluding hydrogens is 160 g/mol. The Morgan fingerprint density at radius 2 is 2.00 bits per heavy atom. The fourth-order valence-electron chi connectivity index (χ4n) is 2.07. The van der Waals surface area contributed by atoms with Gasteiger partial charge in [0, 0.05) is 0 Å². The van der Waals surface area contributed by atoms with Crippen molar-refractivity contribution in [1.29, 1.82) is 0 Å². The lowest BCUT2D eigenvalue weighted by Gasteiger charge is -2.25. The van der Waals surface area contributed by atoms with Crippen molar-refractivity contribution in [2.75, 3.05) is 0 Å². The Labute approximate surface area is 79.4 Å². The van der Waals surface area contributed by atoms with Crippen LogP contribution in [0.3, 0.4) is 0 Å². The van der Waals surface area contributed by atoms with E-state index in [0.717, 1.165) is 25.7 Å². The highest BCUT2D eigenvalue weighted by Crippen LogP contribution is 2.32. The highest BCUT2D eigenvalue weighted by molar-refractivity contribution is 5.19. The third-order valence-electron chi connectivity index (χ3n) is 2.90. The zero-order valence-corrected chi connectivity index (χ0v) is 7.74. The van der Waals surface area contributed by atoms with E-state index in [0.29, 0.717) is 5.92 Å². The van der Waals surface area contributed by atoms with Crippen LogP contribution in [-0.2, 0) is 0 Å². The molecule has 1 aromatic rings. The van der Waals surface area contributed by atoms with Gasteiger partial charge in [-0.05, 0) is 43.2 Å². The van der Waals surface area contributed by atoms with Crippen LogP contribution in [0.25, 0.3) is 0 Å². The van der Waals surface area contributed by atoms with Gasteiger partial charge in [-0.3, -0.25) is 0 Å². The Morgan fingerprint density at radius 3 is 2.62 bits per heavy atom. The third-order valence-corrected chi connectivity index (χ3v) is 2.90. The van der Waals surface area contributed by atoms with E-state index in [9.17, 15) is 5.11 Å². The standard InChI is InChI=1S/C12H15O/c13-12-8-6-11(7-9-12)10-4-2-1-3-5-10/h1-2,4-5,11-13H,6-9H2. The summed E-state index contributed by atoms with van der Waals surface area (Å²) < 4.78 is 0. The second-order valence-corrected chi connectivity index (χ2v) is 3.84. The summed E-state index contributed by atoms with van der Waals surface area (Å²) in [6, 6.07) is 11.3. The summed E-state index contributed by atoms with van der Waals surface area (Å²) >= 11 is 0. The SMILES string of the molecule is OC1CCC(c2c[c]ccc2)CC1. The molecule has 2 rings (SSSR count). The van der Waals surface area contributed by atoms with Crippen LogP contribution in [0.4, 0.5) is 0 Å². The van der Waals surface area contributed by atoms with Gasteiger partial charge in [0.1, 0.15) is 0 Å². The van der Waals surface area contributed by atoms with Gasteiger partial charge >= 0.3 is 0 Å². The van der Waals surface area contributed by atoms with Gasteiger partial charge in [-0.15, -0.1) is 0 Å². The summed E-state index contributed by atoms with van der Waals surface area (Å²) in [4.78, 5) is 0. The first-order chi connectivity index (χ1) is 6.36. The molecule has 0 aliphatic heterocycles. The van der Waals surface area contributed by atoms with Gasteiger partial charge < -0.3 is 5.11 Å². The first-order valence-corrected chi connectivity index (χ1v) is 5.00. The predicted octanol–water partition coefficient (Wildman–Crippen LogP) is 2.51. The highest BCUT2D eigenvalue weighted by atomic mass is 16.3. The fourth-order valence-corrected chi connectivity index (χ4v) is 2.07. The Morgan fingerprint density at radius 1 is 1.23 bits per heavy atom. The maximum absolute atomic E-state index is 9.37. The lowest BCUT2D eigenvalue weighted by atomic mass is 9.83. The highest BCUT2D eigenvalue weighted by Gasteiger charge is 2.20. The molecule has 0 atom stereocenters. The molecule has 0 heterocycles. The number of aliphatic hydroxyl groups excluding tert-OH is 1. The maximum atomic E-state index is 9.37. The average molecular weight is 175 g/mol. The minimum atomic E-state index is -0.0519. The van der Waals surface area contributed by atoms with Crippen LogP contribution in [0.5, 0.6) is 0 Å². The predicted molar refractivity (Wildman–Crippen MR) is 52.5 cm³/mol. The van der Waals surface area contributed by atoms with Crippen LogP contribution in [0.1, 0.15) is 37.2 Å². The Kier molecular flexibility index (Phi) is 2.65. The molecule has 1 fully saturated rings. The molecule has 0 spiro atoms. The number of hydrogen-bond donors (Lipinski definition) is 1. The van der Waals surface area contributed by atoms with Crippen LogP contribution in [0.2, 0.25) is 0 Å². The zero-order valence-electron chi connectivity index (χ0n) is 7.74. The van der Waals surface area contributed by atoms with Crippen LogP contribution < -0.4 is 0 Å². The molecule has 1 radical (unpaired) electrons. The van der Waals surface area contributed by atoms with Crippen LogP contribution in [-0.4, -0.2) is 11.2 Å². The lowest BCUT2D eigenvalue weighted by Crippen LogP contribution is -2.16. The Hall–Kier alpha value is -0.820. The van der Waals surface area contributed by atoms with Crippen molar-refractivity contribution < 1.29 is 5.11 Å². The molecule has 0 amide bonds. The lowest BCUT2D eigenvalue weighted by molar-refractivity contribution is 0.122. The maximum Gasteiger partial charge on any atom is 0.0540 e. The van der Waals surface area contributed by atoms with Gasteiger partial charge in [0.2, 0.25) is 0 Å². The van der Waals surface area contributed by atoms with Crippen molar-refractivity contribution >= 4 is 0 Å². The van der Waals surface area contributed by atoms with Crippen molar-refractivity contribution in [2.24, 2.45) is 0 Å². The van der Waals surface area contributed by atoms with E-state index in [4.69, 9.17) is 0 Å². The molecule has 1 heteroatoms. The zero-order chi connectivity index (χ0) is 9.10. The quantitative estimate of drug-likeness (QED) is 0.695. The molecule has 0 saturated heterocycles. The molecular formula is C12H15O. The largest absolute Gasteiger partial charge is 0.393 e. The summed E-state index contributed by atoms with van der Waals surface area (Å²) in [6.45, 7) is 0. The summed E-state index contributed by atoms with van der Waals surface area (Å²) in [5, 5.41) is 9.37. The van der Waals surface area contributed by atoms with Gasteiger partial charge in [-0.25, -0.2) is 0 Å². The van der Waals surface area contributed by atoms with Crippen molar-refractivity contribution in [1.82, 2.24) is 0 Å². The molecule has 0 bridgehead atoms. The van der Waals surface area contributed by atoms with Gasteiger partial charge in [0.05, 0.1) is 6.10 Å². The normalized spacial score (nSPS) is 28.7. The molecule has 1 saturated carbocycles. The topological polar surface area (TPSA) is 20.2 Å². The average Bonchev–Trinajstić information content (AvgIpc) is 2.20. The number of aliphatic hydroxyl groups is 1. The number of benzene rings is 1. The molecule has 1 aromatic carbocycles. The van der Waals surface area contributed by atoms with E-state index in [1.54, 1.807) is 0 Å². The fraction of sp³-hybridized carbons (Fsp3) is 0.500. The summed E-state index contributed by atoms with van der Waals surface area (Å²) in [5.41, 5.74) is 1.38. The molecule has 1 nitrogen and oxygen atoms in total. The van der Waals surface area contributed by atoms with Crippen LogP contribution >= 0.6 is 0 Å². The van der Waals surface area contributed by atoms with E-state index < -0.39 is 0 Å². The third kappa shape index (κ3) is 2.10. The molecule has 0 aromatic heterocycles. The summed E-state index contributed by atoms with van der Waals surface area (Å²) in [7, 11) is 0. The molecule has 1 aliphatic carbocycles. The Bertz CT molecular complexity index is 247. The second kappa shape index (κ2) is 3.93. The van der Waals surface area contributed by atoms with Crippen molar-refractivity contribution in [3.8, 4) is 0 Å². The minimum absolute atomic E-state index is 0.0519. The van der Waals surface area contributed by atoms with Crippen molar-refractivity contribution in [2.45, 2.75) is 37.7 Å². The van der Waals surface area contributed by atoms with Gasteiger partial charge in [-0.1, -0.05) is 24.3 Å². The summed E-state index contributed by atoms with van der Waals surface area (Å²) in [6.07, 6.45) is 4.11. The van der Waals surface area contributed by atoms with E-state index >= 15 is 0 Å². The van der Waals surface area contributed by atoms with E-state index in [1.807, 2.05) is 12.1 Å². The second-order valence-electron chi connectivity index (χ2n) is 3.84. The molecule has 13 heavy (non-hydrogen) atoms. The van der Waals surface area contributed by atoms with Gasteiger partial charge in [-0.2, -0.15) is 0 Å².